The van der Waals surface area contributed by atoms with Crippen molar-refractivity contribution in [3.8, 4) is 0 Å². The normalized spacial score (nSPS) is 11.1. The van der Waals surface area contributed by atoms with E-state index in [9.17, 15) is 25.4 Å². The van der Waals surface area contributed by atoms with E-state index < -0.39 is 9.85 Å². The zero-order chi connectivity index (χ0) is 15.4. The Morgan fingerprint density at radius 3 is 1.90 bits per heavy atom. The van der Waals surface area contributed by atoms with E-state index in [0.29, 0.717) is 10.3 Å². The Hall–Kier alpha value is -3.29. The second kappa shape index (κ2) is 5.78. The second-order valence-electron chi connectivity index (χ2n) is 4.08. The van der Waals surface area contributed by atoms with Gasteiger partial charge < -0.3 is 5.21 Å². The molecule has 8 nitrogen and oxygen atoms in total. The van der Waals surface area contributed by atoms with Gasteiger partial charge >= 0.3 is 0 Å². The standard InChI is InChI=1S/C13H9N3O5/c17-14(12-2-1-3-13(8-12)16(20)21)9-10-4-6-11(7-5-10)15(18)19/h1-9H/b14-9-. The van der Waals surface area contributed by atoms with Crippen LogP contribution in [0.1, 0.15) is 5.56 Å². The first-order valence-corrected chi connectivity index (χ1v) is 5.77. The smallest absolute Gasteiger partial charge is 0.276 e. The highest BCUT2D eigenvalue weighted by atomic mass is 16.6. The van der Waals surface area contributed by atoms with E-state index >= 15 is 0 Å². The average molecular weight is 287 g/mol. The summed E-state index contributed by atoms with van der Waals surface area (Å²) in [5.74, 6) is 0. The van der Waals surface area contributed by atoms with Crippen LogP contribution in [0.3, 0.4) is 0 Å². The van der Waals surface area contributed by atoms with Gasteiger partial charge in [-0.2, -0.15) is 4.74 Å². The van der Waals surface area contributed by atoms with Crippen molar-refractivity contribution < 1.29 is 14.6 Å². The molecule has 0 aliphatic heterocycles. The lowest BCUT2D eigenvalue weighted by Gasteiger charge is -2.02. The number of hydrogen-bond acceptors (Lipinski definition) is 5. The van der Waals surface area contributed by atoms with Gasteiger partial charge in [-0.05, 0) is 18.2 Å². The van der Waals surface area contributed by atoms with Crippen LogP contribution in [0.4, 0.5) is 17.1 Å². The first-order chi connectivity index (χ1) is 9.97. The van der Waals surface area contributed by atoms with Crippen molar-refractivity contribution in [1.29, 1.82) is 0 Å². The molecule has 0 radical (unpaired) electrons. The van der Waals surface area contributed by atoms with E-state index in [-0.39, 0.29) is 17.1 Å². The quantitative estimate of drug-likeness (QED) is 0.282. The largest absolute Gasteiger partial charge is 0.618 e. The third-order valence-corrected chi connectivity index (χ3v) is 2.67. The fourth-order valence-corrected chi connectivity index (χ4v) is 1.64. The summed E-state index contributed by atoms with van der Waals surface area (Å²) in [5.41, 5.74) is 0.273. The highest BCUT2D eigenvalue weighted by Crippen LogP contribution is 2.19. The molecule has 2 rings (SSSR count). The number of benzene rings is 2. The molecule has 8 heteroatoms. The molecule has 106 valence electrons. The topological polar surface area (TPSA) is 112 Å². The minimum atomic E-state index is -0.594. The van der Waals surface area contributed by atoms with Crippen LogP contribution in [0, 0.1) is 25.4 Å². The SMILES string of the molecule is O=[N+]([O-])c1ccc(/C=[N+](\[O-])c2cccc([N+](=O)[O-])c2)cc1. The number of non-ortho nitro benzene ring substituents is 2. The van der Waals surface area contributed by atoms with Gasteiger partial charge in [0.25, 0.3) is 11.4 Å². The van der Waals surface area contributed by atoms with Gasteiger partial charge in [0.05, 0.1) is 15.9 Å². The van der Waals surface area contributed by atoms with Crippen molar-refractivity contribution in [2.24, 2.45) is 0 Å². The van der Waals surface area contributed by atoms with Crippen LogP contribution in [0.2, 0.25) is 0 Å². The number of nitro benzene ring substituents is 2. The van der Waals surface area contributed by atoms with Gasteiger partial charge in [0.1, 0.15) is 0 Å². The number of rotatable bonds is 4. The minimum absolute atomic E-state index is 0.0834. The Balaban J connectivity index is 2.30. The molecule has 0 fully saturated rings. The molecular weight excluding hydrogens is 278 g/mol. The molecule has 0 aliphatic rings. The molecule has 2 aromatic rings. The zero-order valence-corrected chi connectivity index (χ0v) is 10.6. The van der Waals surface area contributed by atoms with Crippen LogP contribution in [0.15, 0.2) is 48.5 Å². The third kappa shape index (κ3) is 3.38. The molecule has 0 unspecified atom stereocenters. The molecule has 21 heavy (non-hydrogen) atoms. The minimum Gasteiger partial charge on any atom is -0.618 e. The highest BCUT2D eigenvalue weighted by Gasteiger charge is 2.11. The average Bonchev–Trinajstić information content (AvgIpc) is 2.48. The van der Waals surface area contributed by atoms with Crippen molar-refractivity contribution in [2.45, 2.75) is 0 Å². The van der Waals surface area contributed by atoms with Crippen molar-refractivity contribution in [3.63, 3.8) is 0 Å². The lowest BCUT2D eigenvalue weighted by molar-refractivity contribution is -0.387. The summed E-state index contributed by atoms with van der Waals surface area (Å²) in [6.07, 6.45) is 1.18. The van der Waals surface area contributed by atoms with Crippen molar-refractivity contribution in [3.05, 3.63) is 79.5 Å². The monoisotopic (exact) mass is 287 g/mol. The molecule has 0 amide bonds. The summed E-state index contributed by atoms with van der Waals surface area (Å²) < 4.78 is 0.466. The summed E-state index contributed by atoms with van der Waals surface area (Å²) in [5, 5.41) is 33.1. The Labute approximate surface area is 118 Å². The Kier molecular flexibility index (Phi) is 3.89. The molecule has 0 bridgehead atoms. The number of nitrogens with zero attached hydrogens (tertiary/aromatic N) is 3. The Bertz CT molecular complexity index is 725. The molecule has 0 spiro atoms. The van der Waals surface area contributed by atoms with E-state index in [1.165, 1.54) is 48.7 Å². The van der Waals surface area contributed by atoms with Crippen LogP contribution in [0.5, 0.6) is 0 Å². The van der Waals surface area contributed by atoms with E-state index in [4.69, 9.17) is 0 Å². The van der Waals surface area contributed by atoms with Crippen LogP contribution in [-0.2, 0) is 0 Å². The van der Waals surface area contributed by atoms with Gasteiger partial charge in [0.15, 0.2) is 6.21 Å². The van der Waals surface area contributed by atoms with E-state index in [0.717, 1.165) is 6.07 Å². The molecule has 0 aliphatic carbocycles. The number of nitro groups is 2. The third-order valence-electron chi connectivity index (χ3n) is 2.67. The van der Waals surface area contributed by atoms with Crippen molar-refractivity contribution in [2.75, 3.05) is 0 Å². The zero-order valence-electron chi connectivity index (χ0n) is 10.6. The predicted octanol–water partition coefficient (Wildman–Crippen LogP) is 2.76. The van der Waals surface area contributed by atoms with E-state index in [2.05, 4.69) is 0 Å². The highest BCUT2D eigenvalue weighted by molar-refractivity contribution is 5.77. The van der Waals surface area contributed by atoms with Gasteiger partial charge in [-0.15, -0.1) is 0 Å². The number of hydrogen-bond donors (Lipinski definition) is 0. The molecule has 0 saturated carbocycles. The van der Waals surface area contributed by atoms with Gasteiger partial charge in [-0.3, -0.25) is 20.2 Å². The molecular formula is C13H9N3O5. The maximum atomic E-state index is 11.9. The van der Waals surface area contributed by atoms with Gasteiger partial charge in [-0.25, -0.2) is 0 Å². The summed E-state index contributed by atoms with van der Waals surface area (Å²) >= 11 is 0. The molecule has 0 N–H and O–H groups in total. The van der Waals surface area contributed by atoms with Crippen LogP contribution in [-0.4, -0.2) is 20.8 Å². The maximum absolute atomic E-state index is 11.9. The summed E-state index contributed by atoms with van der Waals surface area (Å²) in [7, 11) is 0. The first-order valence-electron chi connectivity index (χ1n) is 5.77. The molecule has 0 heterocycles. The van der Waals surface area contributed by atoms with E-state index in [1.54, 1.807) is 0 Å². The van der Waals surface area contributed by atoms with E-state index in [1.807, 2.05) is 0 Å². The predicted molar refractivity (Wildman–Crippen MR) is 74.6 cm³/mol. The van der Waals surface area contributed by atoms with Crippen LogP contribution in [0.25, 0.3) is 0 Å². The van der Waals surface area contributed by atoms with Gasteiger partial charge in [-0.1, -0.05) is 0 Å². The summed E-state index contributed by atoms with van der Waals surface area (Å²) in [6, 6.07) is 10.6. The first kappa shape index (κ1) is 14.1. The molecule has 2 aromatic carbocycles. The van der Waals surface area contributed by atoms with Crippen molar-refractivity contribution >= 4 is 23.3 Å². The molecule has 0 saturated heterocycles. The lowest BCUT2D eigenvalue weighted by Crippen LogP contribution is -1.99. The van der Waals surface area contributed by atoms with Crippen LogP contribution < -0.4 is 0 Å². The Morgan fingerprint density at radius 2 is 1.33 bits per heavy atom. The van der Waals surface area contributed by atoms with Crippen LogP contribution >= 0.6 is 0 Å². The molecule has 0 atom stereocenters. The van der Waals surface area contributed by atoms with Gasteiger partial charge in [0.2, 0.25) is 5.69 Å². The molecule has 0 aromatic heterocycles. The fourth-order valence-electron chi connectivity index (χ4n) is 1.64. The lowest BCUT2D eigenvalue weighted by atomic mass is 10.2. The summed E-state index contributed by atoms with van der Waals surface area (Å²) in [4.78, 5) is 20.0. The maximum Gasteiger partial charge on any atom is 0.276 e. The second-order valence-corrected chi connectivity index (χ2v) is 4.08. The summed E-state index contributed by atoms with van der Waals surface area (Å²) in [6.45, 7) is 0. The fraction of sp³-hybridized carbons (Fsp3) is 0. The van der Waals surface area contributed by atoms with Crippen molar-refractivity contribution in [1.82, 2.24) is 0 Å². The Morgan fingerprint density at radius 1 is 0.762 bits per heavy atom. The van der Waals surface area contributed by atoms with Gasteiger partial charge in [0, 0.05) is 29.8 Å².